The number of rotatable bonds is 5. The molecule has 134 valence electrons. The molecule has 2 atom stereocenters. The number of aromatic nitrogens is 1. The normalized spacial score (nSPS) is 20.4. The summed E-state index contributed by atoms with van der Waals surface area (Å²) in [6.07, 6.45) is 3.05. The van der Waals surface area contributed by atoms with Crippen LogP contribution >= 0.6 is 0 Å². The highest BCUT2D eigenvalue weighted by Crippen LogP contribution is 2.46. The topological polar surface area (TPSA) is 62.5 Å². The number of aliphatic imine (C=N–C) groups is 1. The highest BCUT2D eigenvalue weighted by Gasteiger charge is 2.37. The van der Waals surface area contributed by atoms with Crippen LogP contribution in [-0.2, 0) is 12.0 Å². The van der Waals surface area contributed by atoms with E-state index < -0.39 is 0 Å². The maximum absolute atomic E-state index is 5.80. The number of hydrogen-bond acceptors (Lipinski definition) is 3. The Morgan fingerprint density at radius 3 is 2.64 bits per heavy atom. The van der Waals surface area contributed by atoms with Crippen LogP contribution in [0.5, 0.6) is 0 Å². The van der Waals surface area contributed by atoms with Crippen molar-refractivity contribution in [3.05, 3.63) is 53.7 Å². The summed E-state index contributed by atoms with van der Waals surface area (Å²) in [5.74, 6) is 3.72. The average molecular weight is 340 g/mol. The molecule has 2 unspecified atom stereocenters. The van der Waals surface area contributed by atoms with Crippen molar-refractivity contribution < 1.29 is 4.42 Å². The second-order valence-corrected chi connectivity index (χ2v) is 7.69. The van der Waals surface area contributed by atoms with Crippen LogP contribution in [0.4, 0.5) is 0 Å². The predicted molar refractivity (Wildman–Crippen MR) is 101 cm³/mol. The first-order chi connectivity index (χ1) is 12.0. The summed E-state index contributed by atoms with van der Waals surface area (Å²) in [6.45, 7) is 7.80. The Bertz CT molecular complexity index is 715. The van der Waals surface area contributed by atoms with Gasteiger partial charge >= 0.3 is 0 Å². The zero-order chi connectivity index (χ0) is 17.9. The molecule has 5 heteroatoms. The van der Waals surface area contributed by atoms with Gasteiger partial charge in [0, 0.05) is 19.0 Å². The molecule has 0 radical (unpaired) electrons. The predicted octanol–water partition coefficient (Wildman–Crippen LogP) is 3.44. The lowest BCUT2D eigenvalue weighted by molar-refractivity contribution is 0.379. The van der Waals surface area contributed by atoms with E-state index in [1.165, 1.54) is 12.0 Å². The van der Waals surface area contributed by atoms with Crippen LogP contribution in [0, 0.1) is 5.92 Å². The quantitative estimate of drug-likeness (QED) is 0.646. The fourth-order valence-electron chi connectivity index (χ4n) is 2.93. The highest BCUT2D eigenvalue weighted by atomic mass is 16.4. The van der Waals surface area contributed by atoms with Crippen LogP contribution < -0.4 is 10.6 Å². The molecule has 2 N–H and O–H groups in total. The zero-order valence-corrected chi connectivity index (χ0v) is 15.5. The van der Waals surface area contributed by atoms with E-state index in [-0.39, 0.29) is 5.41 Å². The van der Waals surface area contributed by atoms with Gasteiger partial charge in [0.15, 0.2) is 5.96 Å². The van der Waals surface area contributed by atoms with Gasteiger partial charge in [-0.2, -0.15) is 0 Å². The number of nitrogens with zero attached hydrogens (tertiary/aromatic N) is 2. The molecular weight excluding hydrogens is 312 g/mol. The minimum absolute atomic E-state index is 0.0242. The molecule has 1 aliphatic carbocycles. The molecule has 2 aromatic rings. The maximum Gasteiger partial charge on any atom is 0.213 e. The Hall–Kier alpha value is -2.30. The Labute approximate surface area is 150 Å². The van der Waals surface area contributed by atoms with Gasteiger partial charge in [-0.15, -0.1) is 0 Å². The number of nitrogens with one attached hydrogen (secondary N) is 2. The average Bonchev–Trinajstić information content (AvgIpc) is 3.20. The molecule has 5 nitrogen and oxygen atoms in total. The molecule has 1 aliphatic rings. The Morgan fingerprint density at radius 2 is 2.00 bits per heavy atom. The fourth-order valence-corrected chi connectivity index (χ4v) is 2.93. The first kappa shape index (κ1) is 17.5. The summed E-state index contributed by atoms with van der Waals surface area (Å²) in [5.41, 5.74) is 1.41. The van der Waals surface area contributed by atoms with E-state index in [2.05, 4.69) is 71.7 Å². The van der Waals surface area contributed by atoms with Gasteiger partial charge < -0.3 is 15.1 Å². The van der Waals surface area contributed by atoms with E-state index in [1.807, 2.05) is 6.20 Å². The number of benzene rings is 1. The van der Waals surface area contributed by atoms with E-state index in [0.717, 1.165) is 18.3 Å². The SMILES string of the molecule is CN=C(NCc1ncc(C(C)(C)C)o1)NCC1CC1c1ccccc1. The molecule has 1 saturated carbocycles. The monoisotopic (exact) mass is 340 g/mol. The van der Waals surface area contributed by atoms with E-state index in [1.54, 1.807) is 7.05 Å². The number of oxazole rings is 1. The molecule has 1 fully saturated rings. The van der Waals surface area contributed by atoms with Gasteiger partial charge in [0.05, 0.1) is 12.7 Å². The Kier molecular flexibility index (Phi) is 5.11. The van der Waals surface area contributed by atoms with Crippen molar-refractivity contribution in [3.63, 3.8) is 0 Å². The minimum atomic E-state index is -0.0242. The van der Waals surface area contributed by atoms with Gasteiger partial charge in [0.1, 0.15) is 5.76 Å². The van der Waals surface area contributed by atoms with Crippen molar-refractivity contribution >= 4 is 5.96 Å². The first-order valence-corrected chi connectivity index (χ1v) is 8.92. The van der Waals surface area contributed by atoms with E-state index >= 15 is 0 Å². The second kappa shape index (κ2) is 7.30. The molecule has 1 aromatic heterocycles. The van der Waals surface area contributed by atoms with Crippen LogP contribution in [0.15, 0.2) is 45.9 Å². The van der Waals surface area contributed by atoms with Crippen LogP contribution in [0.1, 0.15) is 50.3 Å². The summed E-state index contributed by atoms with van der Waals surface area (Å²) < 4.78 is 5.80. The van der Waals surface area contributed by atoms with E-state index in [0.29, 0.717) is 24.3 Å². The van der Waals surface area contributed by atoms with Gasteiger partial charge in [-0.25, -0.2) is 4.98 Å². The van der Waals surface area contributed by atoms with Gasteiger partial charge in [-0.05, 0) is 23.8 Å². The molecule has 0 amide bonds. The van der Waals surface area contributed by atoms with Gasteiger partial charge in [-0.3, -0.25) is 4.99 Å². The summed E-state index contributed by atoms with van der Waals surface area (Å²) in [7, 11) is 1.78. The van der Waals surface area contributed by atoms with Crippen molar-refractivity contribution in [3.8, 4) is 0 Å². The van der Waals surface area contributed by atoms with Crippen molar-refractivity contribution in [1.82, 2.24) is 15.6 Å². The zero-order valence-electron chi connectivity index (χ0n) is 15.5. The molecule has 0 bridgehead atoms. The first-order valence-electron chi connectivity index (χ1n) is 8.92. The molecule has 0 saturated heterocycles. The summed E-state index contributed by atoms with van der Waals surface area (Å²) in [6, 6.07) is 10.7. The molecule has 1 aromatic carbocycles. The van der Waals surface area contributed by atoms with Crippen LogP contribution in [0.3, 0.4) is 0 Å². The summed E-state index contributed by atoms with van der Waals surface area (Å²) in [5, 5.41) is 6.68. The number of hydrogen-bond donors (Lipinski definition) is 2. The standard InChI is InChI=1S/C20H28N4O/c1-20(2,3)17-12-22-18(25-17)13-24-19(21-4)23-11-15-10-16(15)14-8-6-5-7-9-14/h5-9,12,15-16H,10-11,13H2,1-4H3,(H2,21,23,24). The van der Waals surface area contributed by atoms with Crippen molar-refractivity contribution in [2.75, 3.05) is 13.6 Å². The molecule has 25 heavy (non-hydrogen) atoms. The minimum Gasteiger partial charge on any atom is -0.443 e. The molecule has 3 rings (SSSR count). The van der Waals surface area contributed by atoms with Gasteiger partial charge in [0.2, 0.25) is 5.89 Å². The van der Waals surface area contributed by atoms with Crippen molar-refractivity contribution in [2.45, 2.75) is 45.1 Å². The molecule has 0 spiro atoms. The molecule has 1 heterocycles. The molecule has 0 aliphatic heterocycles. The summed E-state index contributed by atoms with van der Waals surface area (Å²) in [4.78, 5) is 8.62. The van der Waals surface area contributed by atoms with Gasteiger partial charge in [-0.1, -0.05) is 51.1 Å². The number of guanidine groups is 1. The Morgan fingerprint density at radius 1 is 1.24 bits per heavy atom. The van der Waals surface area contributed by atoms with Crippen molar-refractivity contribution in [1.29, 1.82) is 0 Å². The third kappa shape index (κ3) is 4.62. The van der Waals surface area contributed by atoms with Crippen LogP contribution in [0.25, 0.3) is 0 Å². The third-order valence-electron chi connectivity index (χ3n) is 4.61. The Balaban J connectivity index is 1.44. The summed E-state index contributed by atoms with van der Waals surface area (Å²) >= 11 is 0. The lowest BCUT2D eigenvalue weighted by atomic mass is 9.94. The third-order valence-corrected chi connectivity index (χ3v) is 4.61. The smallest absolute Gasteiger partial charge is 0.213 e. The van der Waals surface area contributed by atoms with E-state index in [9.17, 15) is 0 Å². The highest BCUT2D eigenvalue weighted by molar-refractivity contribution is 5.79. The molecular formula is C20H28N4O. The maximum atomic E-state index is 5.80. The van der Waals surface area contributed by atoms with E-state index in [4.69, 9.17) is 4.42 Å². The fraction of sp³-hybridized carbons (Fsp3) is 0.500. The van der Waals surface area contributed by atoms with Crippen molar-refractivity contribution in [2.24, 2.45) is 10.9 Å². The van der Waals surface area contributed by atoms with Crippen LogP contribution in [0.2, 0.25) is 0 Å². The van der Waals surface area contributed by atoms with Crippen LogP contribution in [-0.4, -0.2) is 24.5 Å². The van der Waals surface area contributed by atoms with Gasteiger partial charge in [0.25, 0.3) is 0 Å². The lowest BCUT2D eigenvalue weighted by Gasteiger charge is -2.13. The largest absolute Gasteiger partial charge is 0.443 e. The lowest BCUT2D eigenvalue weighted by Crippen LogP contribution is -2.38. The second-order valence-electron chi connectivity index (χ2n) is 7.69.